The number of nitrogens with two attached hydrogens (primary N) is 2. The summed E-state index contributed by atoms with van der Waals surface area (Å²) < 4.78 is 0. The highest BCUT2D eigenvalue weighted by Crippen LogP contribution is 1.91. The number of hydrogen-bond acceptors (Lipinski definition) is 2. The molecule has 4 N–H and O–H groups in total. The van der Waals surface area contributed by atoms with E-state index in [-0.39, 0.29) is 6.17 Å². The molecule has 0 spiro atoms. The highest BCUT2D eigenvalue weighted by molar-refractivity contribution is 4.50. The molecule has 0 aromatic rings. The average molecular weight is 101 g/mol. The van der Waals surface area contributed by atoms with Crippen LogP contribution in [-0.2, 0) is 0 Å². The lowest BCUT2D eigenvalue weighted by molar-refractivity contribution is 0.607. The molecule has 0 amide bonds. The third-order valence-corrected chi connectivity index (χ3v) is 0.787. The van der Waals surface area contributed by atoms with Crippen molar-refractivity contribution in [2.75, 3.05) is 0 Å². The summed E-state index contributed by atoms with van der Waals surface area (Å²) in [5, 5.41) is 0. The van der Waals surface area contributed by atoms with E-state index in [4.69, 9.17) is 11.5 Å². The Morgan fingerprint density at radius 2 is 2.00 bits per heavy atom. The van der Waals surface area contributed by atoms with Crippen molar-refractivity contribution < 1.29 is 0 Å². The van der Waals surface area contributed by atoms with Crippen LogP contribution in [-0.4, -0.2) is 6.17 Å². The van der Waals surface area contributed by atoms with Crippen LogP contribution in [0.25, 0.3) is 0 Å². The van der Waals surface area contributed by atoms with E-state index in [1.165, 1.54) is 0 Å². The predicted molar refractivity (Wildman–Crippen MR) is 31.4 cm³/mol. The fourth-order valence-electron chi connectivity index (χ4n) is 0.380. The van der Waals surface area contributed by atoms with Crippen molar-refractivity contribution in [1.82, 2.24) is 0 Å². The Bertz CT molecular complexity index is 35.1. The quantitative estimate of drug-likeness (QED) is 0.500. The molecule has 0 rings (SSSR count). The second-order valence-electron chi connectivity index (χ2n) is 1.66. The van der Waals surface area contributed by atoms with E-state index >= 15 is 0 Å². The largest absolute Gasteiger partial charge is 0.316 e. The van der Waals surface area contributed by atoms with Crippen molar-refractivity contribution in [3.8, 4) is 0 Å². The van der Waals surface area contributed by atoms with Crippen LogP contribution >= 0.6 is 0 Å². The van der Waals surface area contributed by atoms with E-state index in [0.29, 0.717) is 0 Å². The summed E-state index contributed by atoms with van der Waals surface area (Å²) in [6, 6.07) is 0. The standard InChI is InChI=1S/C5H13N2/c1-2-3-4-5(6)7/h5H,1-4,6-7H2. The second-order valence-corrected chi connectivity index (χ2v) is 1.66. The molecule has 0 atom stereocenters. The minimum atomic E-state index is -0.137. The molecule has 2 heteroatoms. The minimum Gasteiger partial charge on any atom is -0.316 e. The van der Waals surface area contributed by atoms with Gasteiger partial charge >= 0.3 is 0 Å². The van der Waals surface area contributed by atoms with Gasteiger partial charge in [0.1, 0.15) is 0 Å². The summed E-state index contributed by atoms with van der Waals surface area (Å²) in [5.74, 6) is 0. The summed E-state index contributed by atoms with van der Waals surface area (Å²) in [4.78, 5) is 0. The molecule has 0 aliphatic rings. The molecular formula is C5H13N2. The number of unbranched alkanes of at least 4 members (excludes halogenated alkanes) is 1. The molecule has 0 aromatic heterocycles. The van der Waals surface area contributed by atoms with Gasteiger partial charge in [-0.05, 0) is 6.42 Å². The SMILES string of the molecule is [CH2]CCCC(N)N. The summed E-state index contributed by atoms with van der Waals surface area (Å²) in [6.45, 7) is 3.65. The van der Waals surface area contributed by atoms with E-state index in [2.05, 4.69) is 6.92 Å². The lowest BCUT2D eigenvalue weighted by atomic mass is 10.2. The van der Waals surface area contributed by atoms with E-state index < -0.39 is 0 Å². The van der Waals surface area contributed by atoms with Crippen LogP contribution in [0.3, 0.4) is 0 Å². The molecule has 0 aliphatic heterocycles. The Labute approximate surface area is 44.9 Å². The highest BCUT2D eigenvalue weighted by Gasteiger charge is 1.88. The molecule has 1 radical (unpaired) electrons. The Balaban J connectivity index is 2.68. The van der Waals surface area contributed by atoms with Crippen LogP contribution in [0.2, 0.25) is 0 Å². The third-order valence-electron chi connectivity index (χ3n) is 0.787. The Hall–Kier alpha value is -0.0800. The summed E-state index contributed by atoms with van der Waals surface area (Å²) in [6.07, 6.45) is 2.73. The molecule has 0 saturated heterocycles. The smallest absolute Gasteiger partial charge is 0.0520 e. The van der Waals surface area contributed by atoms with Crippen LogP contribution in [0.15, 0.2) is 0 Å². The van der Waals surface area contributed by atoms with Crippen molar-refractivity contribution in [3.05, 3.63) is 6.92 Å². The molecule has 0 aromatic carbocycles. The fourth-order valence-corrected chi connectivity index (χ4v) is 0.380. The zero-order valence-corrected chi connectivity index (χ0v) is 4.56. The molecule has 0 saturated carbocycles. The lowest BCUT2D eigenvalue weighted by Crippen LogP contribution is -2.29. The molecule has 0 aliphatic carbocycles. The Morgan fingerprint density at radius 1 is 1.43 bits per heavy atom. The van der Waals surface area contributed by atoms with Gasteiger partial charge in [-0.15, -0.1) is 0 Å². The van der Waals surface area contributed by atoms with Crippen molar-refractivity contribution in [2.24, 2.45) is 11.5 Å². The zero-order chi connectivity index (χ0) is 5.70. The van der Waals surface area contributed by atoms with Gasteiger partial charge in [-0.2, -0.15) is 0 Å². The van der Waals surface area contributed by atoms with Crippen molar-refractivity contribution in [3.63, 3.8) is 0 Å². The summed E-state index contributed by atoms with van der Waals surface area (Å²) >= 11 is 0. The number of rotatable bonds is 3. The predicted octanol–water partition coefficient (Wildman–Crippen LogP) is 0.234. The normalized spacial score (nSPS) is 10.3. The van der Waals surface area contributed by atoms with Crippen LogP contribution in [0.5, 0.6) is 0 Å². The van der Waals surface area contributed by atoms with Gasteiger partial charge in [0, 0.05) is 0 Å². The Morgan fingerprint density at radius 3 is 2.14 bits per heavy atom. The van der Waals surface area contributed by atoms with Crippen molar-refractivity contribution >= 4 is 0 Å². The van der Waals surface area contributed by atoms with E-state index in [0.717, 1.165) is 19.3 Å². The molecule has 0 bridgehead atoms. The maximum absolute atomic E-state index is 5.23. The van der Waals surface area contributed by atoms with E-state index in [1.54, 1.807) is 0 Å². The van der Waals surface area contributed by atoms with Crippen molar-refractivity contribution in [2.45, 2.75) is 25.4 Å². The maximum atomic E-state index is 5.23. The first-order valence-electron chi connectivity index (χ1n) is 2.57. The van der Waals surface area contributed by atoms with Crippen LogP contribution < -0.4 is 11.5 Å². The molecule has 7 heavy (non-hydrogen) atoms. The first-order valence-corrected chi connectivity index (χ1v) is 2.57. The second kappa shape index (κ2) is 4.09. The van der Waals surface area contributed by atoms with Crippen LogP contribution in [0, 0.1) is 6.92 Å². The number of hydrogen-bond donors (Lipinski definition) is 2. The van der Waals surface area contributed by atoms with Gasteiger partial charge in [-0.25, -0.2) is 0 Å². The summed E-state index contributed by atoms with van der Waals surface area (Å²) in [5.41, 5.74) is 10.5. The van der Waals surface area contributed by atoms with Gasteiger partial charge in [0.15, 0.2) is 0 Å². The molecule has 0 unspecified atom stereocenters. The van der Waals surface area contributed by atoms with Gasteiger partial charge < -0.3 is 11.5 Å². The monoisotopic (exact) mass is 101 g/mol. The van der Waals surface area contributed by atoms with Crippen LogP contribution in [0.1, 0.15) is 19.3 Å². The van der Waals surface area contributed by atoms with Gasteiger partial charge in [0.05, 0.1) is 6.17 Å². The topological polar surface area (TPSA) is 52.0 Å². The fraction of sp³-hybridized carbons (Fsp3) is 0.800. The van der Waals surface area contributed by atoms with Crippen molar-refractivity contribution in [1.29, 1.82) is 0 Å². The highest BCUT2D eigenvalue weighted by atomic mass is 14.8. The van der Waals surface area contributed by atoms with Gasteiger partial charge in [-0.3, -0.25) is 0 Å². The average Bonchev–Trinajstić information content (AvgIpc) is 1.61. The molecule has 43 valence electrons. The molecule has 0 heterocycles. The lowest BCUT2D eigenvalue weighted by Gasteiger charge is -1.99. The molecule has 0 fully saturated rings. The maximum Gasteiger partial charge on any atom is 0.0520 e. The molecule has 2 nitrogen and oxygen atoms in total. The first kappa shape index (κ1) is 6.92. The van der Waals surface area contributed by atoms with E-state index in [1.807, 2.05) is 0 Å². The first-order chi connectivity index (χ1) is 3.27. The molecular weight excluding hydrogens is 88.1 g/mol. The van der Waals surface area contributed by atoms with Gasteiger partial charge in [0.2, 0.25) is 0 Å². The van der Waals surface area contributed by atoms with Crippen LogP contribution in [0.4, 0.5) is 0 Å². The third kappa shape index (κ3) is 5.92. The van der Waals surface area contributed by atoms with Gasteiger partial charge in [0.25, 0.3) is 0 Å². The summed E-state index contributed by atoms with van der Waals surface area (Å²) in [7, 11) is 0. The van der Waals surface area contributed by atoms with Gasteiger partial charge in [-0.1, -0.05) is 19.8 Å². The zero-order valence-electron chi connectivity index (χ0n) is 4.56. The Kier molecular flexibility index (Phi) is 4.04. The van der Waals surface area contributed by atoms with E-state index in [9.17, 15) is 0 Å². The minimum absolute atomic E-state index is 0.137.